The number of hydrogen-bond acceptors (Lipinski definition) is 4. The Morgan fingerprint density at radius 1 is 1.39 bits per heavy atom. The molecule has 1 aliphatic heterocycles. The Morgan fingerprint density at radius 2 is 2.22 bits per heavy atom. The summed E-state index contributed by atoms with van der Waals surface area (Å²) in [6.45, 7) is 5.55. The van der Waals surface area contributed by atoms with Gasteiger partial charge in [0, 0.05) is 24.3 Å². The van der Waals surface area contributed by atoms with E-state index in [-0.39, 0.29) is 0 Å². The van der Waals surface area contributed by atoms with Gasteiger partial charge in [-0.15, -0.1) is 0 Å². The maximum Gasteiger partial charge on any atom is 0.298 e. The Balaban J connectivity index is 1.98. The highest BCUT2D eigenvalue weighted by atomic mass is 16.4. The van der Waals surface area contributed by atoms with Crippen LogP contribution in [-0.2, 0) is 0 Å². The van der Waals surface area contributed by atoms with Gasteiger partial charge < -0.3 is 15.1 Å². The fourth-order valence-corrected chi connectivity index (χ4v) is 2.66. The van der Waals surface area contributed by atoms with E-state index in [0.717, 1.165) is 23.7 Å². The van der Waals surface area contributed by atoms with Crippen molar-refractivity contribution in [2.24, 2.45) is 5.92 Å². The van der Waals surface area contributed by atoms with E-state index in [4.69, 9.17) is 10.2 Å². The molecule has 1 aromatic carbocycles. The highest BCUT2D eigenvalue weighted by Gasteiger charge is 2.27. The van der Waals surface area contributed by atoms with E-state index in [2.05, 4.69) is 23.7 Å². The van der Waals surface area contributed by atoms with Gasteiger partial charge in [0.15, 0.2) is 5.58 Å². The van der Waals surface area contributed by atoms with E-state index in [1.54, 1.807) is 0 Å². The quantitative estimate of drug-likeness (QED) is 0.785. The van der Waals surface area contributed by atoms with Crippen LogP contribution in [0.1, 0.15) is 26.7 Å². The molecule has 2 N–H and O–H groups in total. The van der Waals surface area contributed by atoms with E-state index >= 15 is 0 Å². The number of nitrogens with zero attached hydrogens (tertiary/aromatic N) is 2. The topological polar surface area (TPSA) is 55.3 Å². The van der Waals surface area contributed by atoms with E-state index in [0.29, 0.717) is 17.6 Å². The van der Waals surface area contributed by atoms with Crippen molar-refractivity contribution in [3.63, 3.8) is 0 Å². The smallest absolute Gasteiger partial charge is 0.298 e. The minimum Gasteiger partial charge on any atom is -0.423 e. The molecule has 0 radical (unpaired) electrons. The molecule has 1 fully saturated rings. The number of hydrogen-bond donors (Lipinski definition) is 1. The zero-order valence-electron chi connectivity index (χ0n) is 10.9. The summed E-state index contributed by atoms with van der Waals surface area (Å²) in [4.78, 5) is 6.83. The average Bonchev–Trinajstić information content (AvgIpc) is 2.75. The van der Waals surface area contributed by atoms with Crippen LogP contribution in [0.3, 0.4) is 0 Å². The Bertz CT molecular complexity index is 563. The van der Waals surface area contributed by atoms with E-state index < -0.39 is 0 Å². The highest BCUT2D eigenvalue weighted by molar-refractivity contribution is 5.78. The molecule has 0 spiro atoms. The number of nitrogens with two attached hydrogens (primary N) is 1. The van der Waals surface area contributed by atoms with Crippen LogP contribution in [0, 0.1) is 5.92 Å². The van der Waals surface area contributed by atoms with Crippen LogP contribution in [0.2, 0.25) is 0 Å². The minimum absolute atomic E-state index is 0.476. The van der Waals surface area contributed by atoms with Crippen LogP contribution >= 0.6 is 0 Å². The lowest BCUT2D eigenvalue weighted by Crippen LogP contribution is -2.42. The van der Waals surface area contributed by atoms with Gasteiger partial charge in [0.25, 0.3) is 6.01 Å². The number of aromatic nitrogens is 1. The second-order valence-electron chi connectivity index (χ2n) is 5.28. The summed E-state index contributed by atoms with van der Waals surface area (Å²) in [6.07, 6.45) is 2.48. The lowest BCUT2D eigenvalue weighted by molar-refractivity contribution is 0.345. The summed E-state index contributed by atoms with van der Waals surface area (Å²) in [5, 5.41) is 0. The molecule has 3 rings (SSSR count). The van der Waals surface area contributed by atoms with Crippen LogP contribution in [0.15, 0.2) is 22.6 Å². The van der Waals surface area contributed by atoms with Crippen molar-refractivity contribution in [2.45, 2.75) is 32.7 Å². The van der Waals surface area contributed by atoms with Gasteiger partial charge in [-0.2, -0.15) is 4.98 Å². The normalized spacial score (nSPS) is 24.7. The van der Waals surface area contributed by atoms with E-state index in [1.807, 2.05) is 18.2 Å². The van der Waals surface area contributed by atoms with Crippen LogP contribution in [-0.4, -0.2) is 17.6 Å². The number of piperidine rings is 1. The molecule has 0 aliphatic carbocycles. The first-order valence-corrected chi connectivity index (χ1v) is 6.58. The summed E-state index contributed by atoms with van der Waals surface area (Å²) < 4.78 is 5.84. The molecule has 0 bridgehead atoms. The van der Waals surface area contributed by atoms with Gasteiger partial charge in [0.2, 0.25) is 0 Å². The molecule has 1 aromatic heterocycles. The lowest BCUT2D eigenvalue weighted by atomic mass is 9.92. The fraction of sp³-hybridized carbons (Fsp3) is 0.500. The molecule has 0 amide bonds. The molecule has 2 atom stereocenters. The van der Waals surface area contributed by atoms with Gasteiger partial charge in [0.1, 0.15) is 5.52 Å². The van der Waals surface area contributed by atoms with Crippen molar-refractivity contribution < 1.29 is 4.42 Å². The van der Waals surface area contributed by atoms with Crippen molar-refractivity contribution >= 4 is 22.8 Å². The van der Waals surface area contributed by atoms with E-state index in [1.165, 1.54) is 12.8 Å². The van der Waals surface area contributed by atoms with Crippen LogP contribution < -0.4 is 10.6 Å². The van der Waals surface area contributed by atoms with Gasteiger partial charge >= 0.3 is 0 Å². The second-order valence-corrected chi connectivity index (χ2v) is 5.28. The van der Waals surface area contributed by atoms with Crippen LogP contribution in [0.5, 0.6) is 0 Å². The summed E-state index contributed by atoms with van der Waals surface area (Å²) in [5.74, 6) is 0.679. The third-order valence-electron chi connectivity index (χ3n) is 4.02. The number of oxazole rings is 1. The van der Waals surface area contributed by atoms with Crippen LogP contribution in [0.25, 0.3) is 11.1 Å². The highest BCUT2D eigenvalue weighted by Crippen LogP contribution is 2.30. The Kier molecular flexibility index (Phi) is 2.65. The molecule has 96 valence electrons. The first-order chi connectivity index (χ1) is 8.65. The molecule has 2 heterocycles. The monoisotopic (exact) mass is 245 g/mol. The maximum absolute atomic E-state index is 5.84. The molecular formula is C14H19N3O. The molecule has 4 nitrogen and oxygen atoms in total. The average molecular weight is 245 g/mol. The zero-order chi connectivity index (χ0) is 12.7. The number of benzene rings is 1. The molecule has 0 saturated carbocycles. The molecule has 2 unspecified atom stereocenters. The van der Waals surface area contributed by atoms with Gasteiger partial charge in [-0.1, -0.05) is 6.92 Å². The SMILES string of the molecule is CC1CCCN(c2nc3ccc(N)cc3o2)C1C. The molecule has 4 heteroatoms. The number of nitrogen functional groups attached to an aromatic ring is 1. The molecule has 2 aromatic rings. The maximum atomic E-state index is 5.84. The third-order valence-corrected chi connectivity index (χ3v) is 4.02. The Morgan fingerprint density at radius 3 is 3.06 bits per heavy atom. The largest absolute Gasteiger partial charge is 0.423 e. The zero-order valence-corrected chi connectivity index (χ0v) is 10.9. The van der Waals surface area contributed by atoms with Gasteiger partial charge in [-0.05, 0) is 37.8 Å². The fourth-order valence-electron chi connectivity index (χ4n) is 2.66. The summed E-state index contributed by atoms with van der Waals surface area (Å²) in [6, 6.07) is 6.81. The predicted molar refractivity (Wildman–Crippen MR) is 73.6 cm³/mol. The number of anilines is 2. The number of rotatable bonds is 1. The number of fused-ring (bicyclic) bond motifs is 1. The Hall–Kier alpha value is -1.71. The molecule has 1 saturated heterocycles. The predicted octanol–water partition coefficient (Wildman–Crippen LogP) is 3.03. The molecular weight excluding hydrogens is 226 g/mol. The van der Waals surface area contributed by atoms with Gasteiger partial charge in [0.05, 0.1) is 0 Å². The van der Waals surface area contributed by atoms with E-state index in [9.17, 15) is 0 Å². The minimum atomic E-state index is 0.476. The lowest BCUT2D eigenvalue weighted by Gasteiger charge is -2.36. The second kappa shape index (κ2) is 4.19. The molecule has 1 aliphatic rings. The van der Waals surface area contributed by atoms with Crippen molar-refractivity contribution in [3.05, 3.63) is 18.2 Å². The van der Waals surface area contributed by atoms with Crippen molar-refractivity contribution in [3.8, 4) is 0 Å². The summed E-state index contributed by atoms with van der Waals surface area (Å²) >= 11 is 0. The standard InChI is InChI=1S/C14H19N3O/c1-9-4-3-7-17(10(9)2)14-16-12-6-5-11(15)8-13(12)18-14/h5-6,8-10H,3-4,7,15H2,1-2H3. The van der Waals surface area contributed by atoms with Gasteiger partial charge in [-0.3, -0.25) is 0 Å². The first-order valence-electron chi connectivity index (χ1n) is 6.58. The van der Waals surface area contributed by atoms with Crippen molar-refractivity contribution in [2.75, 3.05) is 17.2 Å². The van der Waals surface area contributed by atoms with Gasteiger partial charge in [-0.25, -0.2) is 0 Å². The van der Waals surface area contributed by atoms with Crippen molar-refractivity contribution in [1.82, 2.24) is 4.98 Å². The Labute approximate surface area is 107 Å². The van der Waals surface area contributed by atoms with Crippen LogP contribution in [0.4, 0.5) is 11.7 Å². The summed E-state index contributed by atoms with van der Waals surface area (Å²) in [7, 11) is 0. The molecule has 18 heavy (non-hydrogen) atoms. The first kappa shape index (κ1) is 11.4. The van der Waals surface area contributed by atoms with Crippen molar-refractivity contribution in [1.29, 1.82) is 0 Å². The third kappa shape index (κ3) is 1.82. The summed E-state index contributed by atoms with van der Waals surface area (Å²) in [5.41, 5.74) is 8.13.